The summed E-state index contributed by atoms with van der Waals surface area (Å²) in [6.07, 6.45) is -0.256. The predicted molar refractivity (Wildman–Crippen MR) is 125 cm³/mol. The van der Waals surface area contributed by atoms with Crippen molar-refractivity contribution in [1.29, 1.82) is 0 Å². The van der Waals surface area contributed by atoms with Crippen molar-refractivity contribution in [2.24, 2.45) is 0 Å². The molecule has 0 aliphatic carbocycles. The molecular weight excluding hydrogens is 392 g/mol. The summed E-state index contributed by atoms with van der Waals surface area (Å²) in [5, 5.41) is 26.2. The van der Waals surface area contributed by atoms with E-state index in [9.17, 15) is 10.2 Å². The largest absolute Gasteiger partial charge is 0.491 e. The summed E-state index contributed by atoms with van der Waals surface area (Å²) in [5.74, 6) is 1.50. The molecule has 0 aliphatic rings. The second-order valence-electron chi connectivity index (χ2n) is 8.52. The molecular formula is C25H38N2O4. The molecule has 0 saturated heterocycles. The number of benzene rings is 2. The minimum Gasteiger partial charge on any atom is -0.491 e. The standard InChI is InChI=1S/C25H38N2O4/c1-18(2)26-14-22(28)16-30-24-9-5-20(6-10-24)13-21-7-11-25(12-8-21)31-17-23(29)15-27-19(3)4/h5-12,18-19,22-23,26-29H,13-17H2,1-4H3/t22-,23-/m0/s1. The maximum absolute atomic E-state index is 9.93. The second kappa shape index (κ2) is 13.3. The summed E-state index contributed by atoms with van der Waals surface area (Å²) in [6.45, 7) is 9.75. The van der Waals surface area contributed by atoms with Crippen LogP contribution in [0.1, 0.15) is 38.8 Å². The van der Waals surface area contributed by atoms with E-state index in [-0.39, 0.29) is 13.2 Å². The highest BCUT2D eigenvalue weighted by Crippen LogP contribution is 2.18. The highest BCUT2D eigenvalue weighted by molar-refractivity contribution is 5.34. The zero-order valence-electron chi connectivity index (χ0n) is 19.2. The van der Waals surface area contributed by atoms with Gasteiger partial charge in [0.05, 0.1) is 0 Å². The molecule has 0 aliphatic heterocycles. The Hall–Kier alpha value is -2.12. The summed E-state index contributed by atoms with van der Waals surface area (Å²) >= 11 is 0. The van der Waals surface area contributed by atoms with E-state index >= 15 is 0 Å². The minimum atomic E-state index is -0.532. The highest BCUT2D eigenvalue weighted by atomic mass is 16.5. The maximum Gasteiger partial charge on any atom is 0.119 e. The molecule has 31 heavy (non-hydrogen) atoms. The van der Waals surface area contributed by atoms with Crippen molar-refractivity contribution in [3.05, 3.63) is 59.7 Å². The van der Waals surface area contributed by atoms with E-state index in [0.717, 1.165) is 17.9 Å². The van der Waals surface area contributed by atoms with Gasteiger partial charge < -0.3 is 30.3 Å². The molecule has 172 valence electrons. The Morgan fingerprint density at radius 2 is 1.00 bits per heavy atom. The van der Waals surface area contributed by atoms with E-state index in [1.807, 2.05) is 76.2 Å². The lowest BCUT2D eigenvalue weighted by atomic mass is 10.0. The van der Waals surface area contributed by atoms with E-state index in [1.54, 1.807) is 0 Å². The van der Waals surface area contributed by atoms with Crippen LogP contribution in [0.3, 0.4) is 0 Å². The number of rotatable bonds is 14. The van der Waals surface area contributed by atoms with Gasteiger partial charge in [-0.3, -0.25) is 0 Å². The van der Waals surface area contributed by atoms with Gasteiger partial charge >= 0.3 is 0 Å². The van der Waals surface area contributed by atoms with Gasteiger partial charge in [0.15, 0.2) is 0 Å². The number of aliphatic hydroxyl groups is 2. The van der Waals surface area contributed by atoms with Gasteiger partial charge in [-0.05, 0) is 41.8 Å². The van der Waals surface area contributed by atoms with Crippen LogP contribution >= 0.6 is 0 Å². The first kappa shape index (κ1) is 25.1. The van der Waals surface area contributed by atoms with Crippen molar-refractivity contribution in [3.8, 4) is 11.5 Å². The van der Waals surface area contributed by atoms with Gasteiger partial charge in [0, 0.05) is 25.2 Å². The number of nitrogens with one attached hydrogen (secondary N) is 2. The summed E-state index contributed by atoms with van der Waals surface area (Å²) in [4.78, 5) is 0. The smallest absolute Gasteiger partial charge is 0.119 e. The van der Waals surface area contributed by atoms with Crippen LogP contribution in [0.5, 0.6) is 11.5 Å². The third-order valence-corrected chi connectivity index (χ3v) is 4.66. The molecule has 0 fully saturated rings. The first-order valence-corrected chi connectivity index (χ1v) is 11.1. The van der Waals surface area contributed by atoms with Crippen molar-refractivity contribution in [3.63, 3.8) is 0 Å². The van der Waals surface area contributed by atoms with Crippen molar-refractivity contribution in [1.82, 2.24) is 10.6 Å². The molecule has 2 aromatic carbocycles. The summed E-state index contributed by atoms with van der Waals surface area (Å²) < 4.78 is 11.3. The van der Waals surface area contributed by atoms with Gasteiger partial charge in [-0.2, -0.15) is 0 Å². The molecule has 0 radical (unpaired) electrons. The van der Waals surface area contributed by atoms with Crippen LogP contribution < -0.4 is 20.1 Å². The highest BCUT2D eigenvalue weighted by Gasteiger charge is 2.07. The van der Waals surface area contributed by atoms with Crippen molar-refractivity contribution in [2.75, 3.05) is 26.3 Å². The summed E-state index contributed by atoms with van der Waals surface area (Å²) in [6, 6.07) is 16.6. The fraction of sp³-hybridized carbons (Fsp3) is 0.520. The molecule has 0 amide bonds. The third kappa shape index (κ3) is 10.6. The van der Waals surface area contributed by atoms with Gasteiger partial charge in [0.1, 0.15) is 36.9 Å². The van der Waals surface area contributed by atoms with Gasteiger partial charge in [0.2, 0.25) is 0 Å². The van der Waals surface area contributed by atoms with Gasteiger partial charge in [-0.15, -0.1) is 0 Å². The maximum atomic E-state index is 9.93. The van der Waals surface area contributed by atoms with Crippen molar-refractivity contribution >= 4 is 0 Å². The van der Waals surface area contributed by atoms with Crippen LogP contribution in [0.15, 0.2) is 48.5 Å². The van der Waals surface area contributed by atoms with E-state index in [2.05, 4.69) is 10.6 Å². The average Bonchev–Trinajstić information content (AvgIpc) is 2.75. The number of hydrogen-bond acceptors (Lipinski definition) is 6. The monoisotopic (exact) mass is 430 g/mol. The Labute approximate surface area is 186 Å². The number of hydrogen-bond donors (Lipinski definition) is 4. The lowest BCUT2D eigenvalue weighted by Crippen LogP contribution is -2.35. The number of aliphatic hydroxyl groups excluding tert-OH is 2. The fourth-order valence-corrected chi connectivity index (χ4v) is 2.89. The zero-order valence-corrected chi connectivity index (χ0v) is 19.2. The number of ether oxygens (including phenoxy) is 2. The summed E-state index contributed by atoms with van der Waals surface area (Å²) in [5.41, 5.74) is 2.36. The molecule has 2 aromatic rings. The van der Waals surface area contributed by atoms with E-state index in [0.29, 0.717) is 25.2 Å². The Morgan fingerprint density at radius 3 is 1.32 bits per heavy atom. The minimum absolute atomic E-state index is 0.267. The Bertz CT molecular complexity index is 669. The molecule has 2 rings (SSSR count). The van der Waals surface area contributed by atoms with E-state index < -0.39 is 12.2 Å². The van der Waals surface area contributed by atoms with Crippen molar-refractivity contribution < 1.29 is 19.7 Å². The average molecular weight is 431 g/mol. The van der Waals surface area contributed by atoms with Crippen LogP contribution in [0.4, 0.5) is 0 Å². The molecule has 0 unspecified atom stereocenters. The quantitative estimate of drug-likeness (QED) is 0.369. The van der Waals surface area contributed by atoms with E-state index in [4.69, 9.17) is 9.47 Å². The molecule has 0 saturated carbocycles. The van der Waals surface area contributed by atoms with Gasteiger partial charge in [0.25, 0.3) is 0 Å². The predicted octanol–water partition coefficient (Wildman–Crippen LogP) is 2.75. The van der Waals surface area contributed by atoms with Crippen LogP contribution in [0.2, 0.25) is 0 Å². The molecule has 2 atom stereocenters. The summed E-state index contributed by atoms with van der Waals surface area (Å²) in [7, 11) is 0. The van der Waals surface area contributed by atoms with E-state index in [1.165, 1.54) is 11.1 Å². The Kier molecular flexibility index (Phi) is 10.8. The van der Waals surface area contributed by atoms with Gasteiger partial charge in [-0.1, -0.05) is 52.0 Å². The van der Waals surface area contributed by atoms with Crippen LogP contribution in [0, 0.1) is 0 Å². The van der Waals surface area contributed by atoms with Crippen LogP contribution in [-0.4, -0.2) is 60.8 Å². The topological polar surface area (TPSA) is 83.0 Å². The zero-order chi connectivity index (χ0) is 22.6. The Balaban J connectivity index is 1.75. The molecule has 0 heterocycles. The molecule has 0 bridgehead atoms. The lowest BCUT2D eigenvalue weighted by molar-refractivity contribution is 0.104. The third-order valence-electron chi connectivity index (χ3n) is 4.66. The SMILES string of the molecule is CC(C)NC[C@H](O)COc1ccc(Cc2ccc(OC[C@@H](O)CNC(C)C)cc2)cc1. The van der Waals surface area contributed by atoms with Crippen molar-refractivity contribution in [2.45, 2.75) is 58.4 Å². The molecule has 0 spiro atoms. The second-order valence-corrected chi connectivity index (χ2v) is 8.52. The first-order chi connectivity index (χ1) is 14.8. The van der Waals surface area contributed by atoms with Crippen LogP contribution in [0.25, 0.3) is 0 Å². The lowest BCUT2D eigenvalue weighted by Gasteiger charge is -2.15. The normalized spacial score (nSPS) is 13.4. The first-order valence-electron chi connectivity index (χ1n) is 11.1. The fourth-order valence-electron chi connectivity index (χ4n) is 2.89. The molecule has 0 aromatic heterocycles. The molecule has 6 heteroatoms. The van der Waals surface area contributed by atoms with Gasteiger partial charge in [-0.25, -0.2) is 0 Å². The van der Waals surface area contributed by atoms with Crippen LogP contribution in [-0.2, 0) is 6.42 Å². The Morgan fingerprint density at radius 1 is 0.645 bits per heavy atom. The molecule has 4 N–H and O–H groups in total. The molecule has 6 nitrogen and oxygen atoms in total.